The Morgan fingerprint density at radius 2 is 1.21 bits per heavy atom. The lowest BCUT2D eigenvalue weighted by atomic mass is 10.3. The van der Waals surface area contributed by atoms with Crippen molar-refractivity contribution in [3.63, 3.8) is 0 Å². The molecule has 0 radical (unpaired) electrons. The maximum Gasteiger partial charge on any atom is 0.196 e. The van der Waals surface area contributed by atoms with Crippen LogP contribution < -0.4 is 9.80 Å². The second kappa shape index (κ2) is 4.87. The van der Waals surface area contributed by atoms with Crippen molar-refractivity contribution in [1.82, 2.24) is 20.6 Å². The predicted octanol–water partition coefficient (Wildman–Crippen LogP) is 0.786. The molecule has 0 aliphatic carbocycles. The molecule has 3 heterocycles. The van der Waals surface area contributed by atoms with Crippen LogP contribution >= 0.6 is 0 Å². The lowest BCUT2D eigenvalue weighted by Gasteiger charge is -2.21. The van der Waals surface area contributed by atoms with Crippen molar-refractivity contribution in [3.05, 3.63) is 11.4 Å². The summed E-state index contributed by atoms with van der Waals surface area (Å²) in [5.41, 5.74) is 1.65. The lowest BCUT2D eigenvalue weighted by molar-refractivity contribution is 0.304. The molecule has 0 bridgehead atoms. The van der Waals surface area contributed by atoms with Crippen LogP contribution in [0.15, 0.2) is 9.26 Å². The Balaban J connectivity index is 1.73. The molecule has 2 aromatic heterocycles. The SMILES string of the molecule is Cc1nonc1N1CCCN(c2nonc2C)CC1. The van der Waals surface area contributed by atoms with Crippen molar-refractivity contribution in [3.8, 4) is 0 Å². The highest BCUT2D eigenvalue weighted by Crippen LogP contribution is 2.20. The fourth-order valence-corrected chi connectivity index (χ4v) is 2.37. The minimum absolute atomic E-state index is 0.827. The molecule has 0 amide bonds. The van der Waals surface area contributed by atoms with Crippen LogP contribution in [-0.4, -0.2) is 46.8 Å². The molecular weight excluding hydrogens is 248 g/mol. The van der Waals surface area contributed by atoms with E-state index >= 15 is 0 Å². The average Bonchev–Trinajstić information content (AvgIpc) is 2.93. The molecule has 0 unspecified atom stereocenters. The minimum atomic E-state index is 0.827. The van der Waals surface area contributed by atoms with Gasteiger partial charge in [-0.2, -0.15) is 0 Å². The zero-order valence-electron chi connectivity index (χ0n) is 11.0. The molecule has 0 atom stereocenters. The van der Waals surface area contributed by atoms with Crippen LogP contribution in [0.3, 0.4) is 0 Å². The highest BCUT2D eigenvalue weighted by Gasteiger charge is 2.22. The molecule has 2 aromatic rings. The van der Waals surface area contributed by atoms with E-state index in [1.165, 1.54) is 0 Å². The average molecular weight is 264 g/mol. The molecule has 1 saturated heterocycles. The topological polar surface area (TPSA) is 84.3 Å². The Morgan fingerprint density at radius 1 is 0.737 bits per heavy atom. The van der Waals surface area contributed by atoms with Crippen molar-refractivity contribution in [2.45, 2.75) is 20.3 Å². The molecule has 19 heavy (non-hydrogen) atoms. The summed E-state index contributed by atoms with van der Waals surface area (Å²) in [6.07, 6.45) is 1.01. The molecular formula is C11H16N6O2. The third-order valence-electron chi connectivity index (χ3n) is 3.35. The van der Waals surface area contributed by atoms with Gasteiger partial charge in [0.2, 0.25) is 0 Å². The number of aromatic nitrogens is 4. The Kier molecular flexibility index (Phi) is 3.06. The molecule has 1 fully saturated rings. The van der Waals surface area contributed by atoms with Crippen LogP contribution in [0.4, 0.5) is 11.6 Å². The largest absolute Gasteiger partial charge is 0.350 e. The van der Waals surface area contributed by atoms with Gasteiger partial charge in [-0.1, -0.05) is 10.3 Å². The first-order chi connectivity index (χ1) is 9.25. The van der Waals surface area contributed by atoms with Crippen LogP contribution in [-0.2, 0) is 0 Å². The first kappa shape index (κ1) is 11.9. The smallest absolute Gasteiger partial charge is 0.196 e. The summed E-state index contributed by atoms with van der Waals surface area (Å²) in [5, 5.41) is 15.6. The summed E-state index contributed by atoms with van der Waals surface area (Å²) in [6, 6.07) is 0. The number of hydrogen-bond donors (Lipinski definition) is 0. The van der Waals surface area contributed by atoms with Crippen molar-refractivity contribution in [2.24, 2.45) is 0 Å². The maximum atomic E-state index is 4.76. The van der Waals surface area contributed by atoms with Gasteiger partial charge in [-0.25, -0.2) is 9.26 Å². The highest BCUT2D eigenvalue weighted by molar-refractivity contribution is 5.45. The number of rotatable bonds is 2. The second-order valence-corrected chi connectivity index (χ2v) is 4.67. The molecule has 102 valence electrons. The summed E-state index contributed by atoms with van der Waals surface area (Å²) in [4.78, 5) is 4.38. The van der Waals surface area contributed by atoms with Gasteiger partial charge in [-0.15, -0.1) is 0 Å². The number of anilines is 2. The van der Waals surface area contributed by atoms with Gasteiger partial charge in [0.25, 0.3) is 0 Å². The van der Waals surface area contributed by atoms with E-state index in [9.17, 15) is 0 Å². The first-order valence-corrected chi connectivity index (χ1v) is 6.34. The van der Waals surface area contributed by atoms with Crippen LogP contribution in [0.5, 0.6) is 0 Å². The summed E-state index contributed by atoms with van der Waals surface area (Å²) >= 11 is 0. The molecule has 0 saturated carbocycles. The Hall–Kier alpha value is -2.12. The fourth-order valence-electron chi connectivity index (χ4n) is 2.37. The van der Waals surface area contributed by atoms with E-state index in [-0.39, 0.29) is 0 Å². The maximum absolute atomic E-state index is 4.76. The predicted molar refractivity (Wildman–Crippen MR) is 67.1 cm³/mol. The minimum Gasteiger partial charge on any atom is -0.350 e. The van der Waals surface area contributed by atoms with Gasteiger partial charge in [0.1, 0.15) is 11.4 Å². The van der Waals surface area contributed by atoms with Gasteiger partial charge in [0.05, 0.1) is 0 Å². The van der Waals surface area contributed by atoms with E-state index in [2.05, 4.69) is 30.4 Å². The molecule has 8 nitrogen and oxygen atoms in total. The van der Waals surface area contributed by atoms with E-state index in [4.69, 9.17) is 9.26 Å². The van der Waals surface area contributed by atoms with Crippen molar-refractivity contribution in [1.29, 1.82) is 0 Å². The zero-order valence-corrected chi connectivity index (χ0v) is 11.0. The van der Waals surface area contributed by atoms with Gasteiger partial charge in [0.15, 0.2) is 11.6 Å². The standard InChI is InChI=1S/C11H16N6O2/c1-8-10(14-18-12-8)16-4-3-5-17(7-6-16)11-9(2)13-19-15-11/h3-7H2,1-2H3. The van der Waals surface area contributed by atoms with Crippen molar-refractivity contribution in [2.75, 3.05) is 36.0 Å². The fraction of sp³-hybridized carbons (Fsp3) is 0.636. The van der Waals surface area contributed by atoms with Crippen LogP contribution in [0.1, 0.15) is 17.8 Å². The number of hydrogen-bond acceptors (Lipinski definition) is 8. The zero-order chi connectivity index (χ0) is 13.2. The molecule has 8 heteroatoms. The molecule has 0 N–H and O–H groups in total. The van der Waals surface area contributed by atoms with Gasteiger partial charge < -0.3 is 9.80 Å². The highest BCUT2D eigenvalue weighted by atomic mass is 16.6. The third kappa shape index (κ3) is 2.25. The number of aryl methyl sites for hydroxylation is 2. The molecule has 1 aliphatic heterocycles. The Labute approximate surface area is 110 Å². The van der Waals surface area contributed by atoms with Crippen molar-refractivity contribution >= 4 is 11.6 Å². The second-order valence-electron chi connectivity index (χ2n) is 4.67. The Bertz CT molecular complexity index is 503. The van der Waals surface area contributed by atoms with Gasteiger partial charge in [-0.05, 0) is 30.6 Å². The first-order valence-electron chi connectivity index (χ1n) is 6.34. The van der Waals surface area contributed by atoms with E-state index in [0.717, 1.165) is 55.6 Å². The van der Waals surface area contributed by atoms with E-state index in [1.54, 1.807) is 0 Å². The molecule has 0 aromatic carbocycles. The van der Waals surface area contributed by atoms with Crippen molar-refractivity contribution < 1.29 is 9.26 Å². The molecule has 0 spiro atoms. The number of nitrogens with zero attached hydrogens (tertiary/aromatic N) is 6. The Morgan fingerprint density at radius 3 is 1.58 bits per heavy atom. The lowest BCUT2D eigenvalue weighted by Crippen LogP contribution is -2.31. The molecule has 3 rings (SSSR count). The third-order valence-corrected chi connectivity index (χ3v) is 3.35. The van der Waals surface area contributed by atoms with E-state index in [0.29, 0.717) is 0 Å². The monoisotopic (exact) mass is 264 g/mol. The van der Waals surface area contributed by atoms with Gasteiger partial charge >= 0.3 is 0 Å². The van der Waals surface area contributed by atoms with Crippen LogP contribution in [0.2, 0.25) is 0 Å². The van der Waals surface area contributed by atoms with Crippen LogP contribution in [0.25, 0.3) is 0 Å². The summed E-state index contributed by atoms with van der Waals surface area (Å²) in [6.45, 7) is 7.36. The van der Waals surface area contributed by atoms with Gasteiger partial charge in [0, 0.05) is 26.2 Å². The molecule has 1 aliphatic rings. The summed E-state index contributed by atoms with van der Waals surface area (Å²) in [5.74, 6) is 1.66. The summed E-state index contributed by atoms with van der Waals surface area (Å²) in [7, 11) is 0. The van der Waals surface area contributed by atoms with E-state index in [1.807, 2.05) is 13.8 Å². The van der Waals surface area contributed by atoms with Gasteiger partial charge in [-0.3, -0.25) is 0 Å². The van der Waals surface area contributed by atoms with Crippen LogP contribution in [0, 0.1) is 13.8 Å². The normalized spacial score (nSPS) is 16.7. The summed E-state index contributed by atoms with van der Waals surface area (Å²) < 4.78 is 9.53. The quantitative estimate of drug-likeness (QED) is 0.787. The van der Waals surface area contributed by atoms with E-state index < -0.39 is 0 Å².